The van der Waals surface area contributed by atoms with Gasteiger partial charge in [-0.05, 0) is 72.0 Å². The van der Waals surface area contributed by atoms with Crippen LogP contribution < -0.4 is 4.90 Å². The SMILES string of the molecule is O=C1c2ccncc2/C(=C(\I)C2=CCCCC2)N1c1ccccc1. The Morgan fingerprint density at radius 1 is 1.08 bits per heavy atom. The number of hydrogen-bond donors (Lipinski definition) is 0. The monoisotopic (exact) mass is 428 g/mol. The number of fused-ring (bicyclic) bond motifs is 1. The zero-order valence-corrected chi connectivity index (χ0v) is 15.4. The third-order valence-corrected chi connectivity index (χ3v) is 5.73. The fourth-order valence-corrected chi connectivity index (χ4v) is 4.36. The van der Waals surface area contributed by atoms with Gasteiger partial charge in [-0.1, -0.05) is 24.3 Å². The molecule has 1 aromatic heterocycles. The molecule has 1 aliphatic carbocycles. The molecule has 2 aliphatic rings. The molecule has 2 aromatic rings. The predicted octanol–water partition coefficient (Wildman–Crippen LogP) is 5.35. The second-order valence-electron chi connectivity index (χ2n) is 6.04. The third kappa shape index (κ3) is 2.59. The number of pyridine rings is 1. The summed E-state index contributed by atoms with van der Waals surface area (Å²) in [6.45, 7) is 0. The van der Waals surface area contributed by atoms with Crippen LogP contribution in [0.3, 0.4) is 0 Å². The van der Waals surface area contributed by atoms with Crippen molar-refractivity contribution in [3.8, 4) is 0 Å². The van der Waals surface area contributed by atoms with E-state index in [0.717, 1.165) is 38.9 Å². The summed E-state index contributed by atoms with van der Waals surface area (Å²) < 4.78 is 1.16. The van der Waals surface area contributed by atoms with E-state index in [2.05, 4.69) is 33.7 Å². The van der Waals surface area contributed by atoms with Gasteiger partial charge in [0.1, 0.15) is 0 Å². The number of halogens is 1. The number of benzene rings is 1. The first kappa shape index (κ1) is 15.6. The van der Waals surface area contributed by atoms with Crippen molar-refractivity contribution in [2.24, 2.45) is 0 Å². The first-order chi connectivity index (χ1) is 11.8. The first-order valence-electron chi connectivity index (χ1n) is 8.20. The van der Waals surface area contributed by atoms with Crippen molar-refractivity contribution < 1.29 is 4.79 Å². The topological polar surface area (TPSA) is 33.2 Å². The number of amides is 1. The molecular weight excluding hydrogens is 411 g/mol. The van der Waals surface area contributed by atoms with Gasteiger partial charge in [-0.15, -0.1) is 0 Å². The van der Waals surface area contributed by atoms with E-state index in [9.17, 15) is 4.79 Å². The van der Waals surface area contributed by atoms with Gasteiger partial charge in [-0.3, -0.25) is 14.7 Å². The van der Waals surface area contributed by atoms with Crippen molar-refractivity contribution in [2.75, 3.05) is 4.90 Å². The summed E-state index contributed by atoms with van der Waals surface area (Å²) in [4.78, 5) is 19.1. The number of nitrogens with zero attached hydrogens (tertiary/aromatic N) is 2. The van der Waals surface area contributed by atoms with Crippen molar-refractivity contribution in [3.05, 3.63) is 75.1 Å². The zero-order valence-electron chi connectivity index (χ0n) is 13.2. The molecule has 2 heterocycles. The zero-order chi connectivity index (χ0) is 16.5. The highest BCUT2D eigenvalue weighted by Gasteiger charge is 2.35. The van der Waals surface area contributed by atoms with Crippen LogP contribution in [-0.2, 0) is 0 Å². The Labute approximate surface area is 155 Å². The Morgan fingerprint density at radius 3 is 2.67 bits per heavy atom. The molecule has 120 valence electrons. The number of para-hydroxylation sites is 1. The molecule has 0 saturated carbocycles. The second-order valence-corrected chi connectivity index (χ2v) is 7.11. The van der Waals surface area contributed by atoms with Gasteiger partial charge in [-0.2, -0.15) is 0 Å². The fourth-order valence-electron chi connectivity index (χ4n) is 3.34. The average Bonchev–Trinajstić information content (AvgIpc) is 2.95. The highest BCUT2D eigenvalue weighted by atomic mass is 127. The summed E-state index contributed by atoms with van der Waals surface area (Å²) in [5, 5.41) is 0. The third-order valence-electron chi connectivity index (χ3n) is 4.53. The van der Waals surface area contributed by atoms with E-state index >= 15 is 0 Å². The van der Waals surface area contributed by atoms with Crippen LogP contribution in [0, 0.1) is 0 Å². The number of hydrogen-bond acceptors (Lipinski definition) is 2. The van der Waals surface area contributed by atoms with E-state index in [0.29, 0.717) is 0 Å². The lowest BCUT2D eigenvalue weighted by atomic mass is 9.97. The van der Waals surface area contributed by atoms with Gasteiger partial charge in [0, 0.05) is 27.2 Å². The normalized spacial score (nSPS) is 19.1. The Morgan fingerprint density at radius 2 is 1.92 bits per heavy atom. The summed E-state index contributed by atoms with van der Waals surface area (Å²) in [7, 11) is 0. The molecule has 4 heteroatoms. The molecule has 0 N–H and O–H groups in total. The Bertz CT molecular complexity index is 855. The molecule has 24 heavy (non-hydrogen) atoms. The van der Waals surface area contributed by atoms with Crippen molar-refractivity contribution in [2.45, 2.75) is 25.7 Å². The lowest BCUT2D eigenvalue weighted by Crippen LogP contribution is -2.23. The van der Waals surface area contributed by atoms with Crippen LogP contribution in [0.4, 0.5) is 5.69 Å². The summed E-state index contributed by atoms with van der Waals surface area (Å²) in [6, 6.07) is 11.7. The second kappa shape index (κ2) is 6.51. The minimum absolute atomic E-state index is 0.0270. The predicted molar refractivity (Wildman–Crippen MR) is 105 cm³/mol. The van der Waals surface area contributed by atoms with Crippen LogP contribution in [-0.4, -0.2) is 10.9 Å². The molecule has 4 rings (SSSR count). The van der Waals surface area contributed by atoms with E-state index in [4.69, 9.17) is 0 Å². The molecule has 0 atom stereocenters. The Balaban J connectivity index is 1.93. The Kier molecular flexibility index (Phi) is 4.22. The largest absolute Gasteiger partial charge is 0.275 e. The van der Waals surface area contributed by atoms with E-state index in [1.165, 1.54) is 18.4 Å². The van der Waals surface area contributed by atoms with Gasteiger partial charge < -0.3 is 0 Å². The molecule has 0 saturated heterocycles. The van der Waals surface area contributed by atoms with Gasteiger partial charge in [0.05, 0.1) is 11.3 Å². The van der Waals surface area contributed by atoms with Crippen LogP contribution in [0.2, 0.25) is 0 Å². The van der Waals surface area contributed by atoms with E-state index < -0.39 is 0 Å². The maximum absolute atomic E-state index is 13.0. The first-order valence-corrected chi connectivity index (χ1v) is 9.28. The molecule has 0 spiro atoms. The van der Waals surface area contributed by atoms with Crippen molar-refractivity contribution in [1.82, 2.24) is 4.98 Å². The van der Waals surface area contributed by atoms with Crippen molar-refractivity contribution in [3.63, 3.8) is 0 Å². The minimum Gasteiger partial charge on any atom is -0.275 e. The van der Waals surface area contributed by atoms with Crippen LogP contribution in [0.1, 0.15) is 41.6 Å². The summed E-state index contributed by atoms with van der Waals surface area (Å²) in [5.74, 6) is 0.0270. The van der Waals surface area contributed by atoms with Crippen LogP contribution in [0.25, 0.3) is 5.70 Å². The number of carbonyl (C=O) groups excluding carboxylic acids is 1. The molecule has 1 aliphatic heterocycles. The van der Waals surface area contributed by atoms with Gasteiger partial charge in [0.25, 0.3) is 5.91 Å². The van der Waals surface area contributed by atoms with Crippen molar-refractivity contribution in [1.29, 1.82) is 0 Å². The molecule has 1 aromatic carbocycles. The number of allylic oxidation sites excluding steroid dienone is 3. The van der Waals surface area contributed by atoms with E-state index in [1.54, 1.807) is 6.20 Å². The molecule has 0 radical (unpaired) electrons. The summed E-state index contributed by atoms with van der Waals surface area (Å²) in [6.07, 6.45) is 10.5. The molecule has 0 fully saturated rings. The highest BCUT2D eigenvalue weighted by Crippen LogP contribution is 2.43. The Hall–Kier alpha value is -1.95. The van der Waals surface area contributed by atoms with Gasteiger partial charge in [-0.25, -0.2) is 0 Å². The van der Waals surface area contributed by atoms with E-state index in [1.807, 2.05) is 47.5 Å². The highest BCUT2D eigenvalue weighted by molar-refractivity contribution is 14.1. The molecule has 0 bridgehead atoms. The molecule has 1 amide bonds. The molecule has 3 nitrogen and oxygen atoms in total. The minimum atomic E-state index is 0.0270. The maximum Gasteiger partial charge on any atom is 0.263 e. The average molecular weight is 428 g/mol. The lowest BCUT2D eigenvalue weighted by Gasteiger charge is -2.22. The molecular formula is C20H17IN2O. The van der Waals surface area contributed by atoms with Crippen LogP contribution >= 0.6 is 22.6 Å². The van der Waals surface area contributed by atoms with Gasteiger partial charge in [0.15, 0.2) is 0 Å². The maximum atomic E-state index is 13.0. The standard InChI is InChI=1S/C20H17IN2O/c21-18(14-7-3-1-4-8-14)19-17-13-22-12-11-16(17)20(24)23(19)15-9-5-2-6-10-15/h2,5-7,9-13H,1,3-4,8H2/b19-18+. The van der Waals surface area contributed by atoms with Gasteiger partial charge >= 0.3 is 0 Å². The van der Waals surface area contributed by atoms with Gasteiger partial charge in [0.2, 0.25) is 0 Å². The number of carbonyl (C=O) groups is 1. The number of aromatic nitrogens is 1. The van der Waals surface area contributed by atoms with Crippen LogP contribution in [0.15, 0.2) is 64.0 Å². The number of anilines is 1. The fraction of sp³-hybridized carbons (Fsp3) is 0.200. The smallest absolute Gasteiger partial charge is 0.263 e. The molecule has 0 unspecified atom stereocenters. The van der Waals surface area contributed by atoms with E-state index in [-0.39, 0.29) is 5.91 Å². The van der Waals surface area contributed by atoms with Crippen molar-refractivity contribution >= 4 is 39.9 Å². The quantitative estimate of drug-likeness (QED) is 0.605. The summed E-state index contributed by atoms with van der Waals surface area (Å²) in [5.41, 5.74) is 4.89. The van der Waals surface area contributed by atoms with Crippen LogP contribution in [0.5, 0.6) is 0 Å². The summed E-state index contributed by atoms with van der Waals surface area (Å²) >= 11 is 2.40. The lowest BCUT2D eigenvalue weighted by molar-refractivity contribution is 0.101. The number of rotatable bonds is 2.